The van der Waals surface area contributed by atoms with Crippen LogP contribution < -0.4 is 0 Å². The number of nitrogens with zero attached hydrogens (tertiary/aromatic N) is 1. The molecule has 0 unspecified atom stereocenters. The molecule has 0 atom stereocenters. The van der Waals surface area contributed by atoms with Crippen molar-refractivity contribution in [1.29, 1.82) is 0 Å². The third kappa shape index (κ3) is 5.60. The van der Waals surface area contributed by atoms with Gasteiger partial charge in [0.1, 0.15) is 0 Å². The van der Waals surface area contributed by atoms with Crippen molar-refractivity contribution in [1.82, 2.24) is 0 Å². The van der Waals surface area contributed by atoms with Crippen LogP contribution in [0.3, 0.4) is 0 Å². The van der Waals surface area contributed by atoms with Gasteiger partial charge in [-0.3, -0.25) is 0 Å². The molecule has 0 amide bonds. The molecule has 1 aromatic rings. The number of benzene rings is 1. The Balaban J connectivity index is 2.99. The molecule has 0 radical (unpaired) electrons. The van der Waals surface area contributed by atoms with Crippen LogP contribution in [0.1, 0.15) is 18.1 Å². The number of hydrogen-bond donors (Lipinski definition) is 0. The quantitative estimate of drug-likeness (QED) is 0.204. The fourth-order valence-corrected chi connectivity index (χ4v) is 1.40. The minimum atomic E-state index is -5.00. The maximum atomic E-state index is 12.7. The molecule has 0 heterocycles. The predicted octanol–water partition coefficient (Wildman–Crippen LogP) is 4.07. The number of allylic oxidation sites excluding steroid dienone is 1. The van der Waals surface area contributed by atoms with Gasteiger partial charge in [-0.25, -0.2) is 4.79 Å². The van der Waals surface area contributed by atoms with Crippen LogP contribution in [0.2, 0.25) is 0 Å². The standard InChI is InChI=1S/C14H11F6NO3/c1-8(9-3-5-10(6-4-9)13(15,16)17)21-24-11(14(18,19)20)7-12(22)23-2/h3-7H,1-2H3/b11-7-,21-8+. The first kappa shape index (κ1) is 19.5. The molecule has 0 aromatic heterocycles. The lowest BCUT2D eigenvalue weighted by Gasteiger charge is -2.10. The average Bonchev–Trinajstić information content (AvgIpc) is 2.48. The molecule has 10 heteroatoms. The van der Waals surface area contributed by atoms with Gasteiger partial charge in [-0.1, -0.05) is 17.3 Å². The number of carbonyl (C=O) groups is 1. The first-order chi connectivity index (χ1) is 10.9. The number of rotatable bonds is 4. The highest BCUT2D eigenvalue weighted by molar-refractivity contribution is 5.98. The molecule has 4 nitrogen and oxygen atoms in total. The number of hydrogen-bond acceptors (Lipinski definition) is 4. The highest BCUT2D eigenvalue weighted by atomic mass is 19.4. The smallest absolute Gasteiger partial charge is 0.452 e. The van der Waals surface area contributed by atoms with Gasteiger partial charge in [0.15, 0.2) is 0 Å². The van der Waals surface area contributed by atoms with Crippen molar-refractivity contribution in [3.05, 3.63) is 47.2 Å². The van der Waals surface area contributed by atoms with E-state index >= 15 is 0 Å². The molecule has 1 aromatic carbocycles. The van der Waals surface area contributed by atoms with Crippen LogP contribution in [0.25, 0.3) is 0 Å². The van der Waals surface area contributed by atoms with Crippen molar-refractivity contribution in [3.63, 3.8) is 0 Å². The van der Waals surface area contributed by atoms with Gasteiger partial charge in [-0.2, -0.15) is 26.3 Å². The maximum Gasteiger partial charge on any atom is 0.452 e. The summed E-state index contributed by atoms with van der Waals surface area (Å²) in [5.41, 5.74) is -0.923. The molecular weight excluding hydrogens is 344 g/mol. The monoisotopic (exact) mass is 355 g/mol. The van der Waals surface area contributed by atoms with Gasteiger partial charge in [0, 0.05) is 0 Å². The number of carbonyl (C=O) groups excluding carboxylic acids is 1. The molecule has 0 N–H and O–H groups in total. The number of esters is 1. The Bertz CT molecular complexity index is 644. The van der Waals surface area contributed by atoms with Gasteiger partial charge < -0.3 is 9.57 Å². The number of alkyl halides is 6. The van der Waals surface area contributed by atoms with Gasteiger partial charge >= 0.3 is 18.3 Å². The van der Waals surface area contributed by atoms with E-state index in [1.54, 1.807) is 0 Å². The Kier molecular flexibility index (Phi) is 5.99. The van der Waals surface area contributed by atoms with E-state index in [2.05, 4.69) is 14.7 Å². The van der Waals surface area contributed by atoms with Gasteiger partial charge in [-0.05, 0) is 24.6 Å². The fraction of sp³-hybridized carbons (Fsp3) is 0.286. The molecular formula is C14H11F6NO3. The van der Waals surface area contributed by atoms with Crippen LogP contribution in [0, 0.1) is 0 Å². The highest BCUT2D eigenvalue weighted by Crippen LogP contribution is 2.29. The normalized spacial score (nSPS) is 13.7. The van der Waals surface area contributed by atoms with Crippen LogP contribution in [0.4, 0.5) is 26.3 Å². The highest BCUT2D eigenvalue weighted by Gasteiger charge is 2.38. The number of methoxy groups -OCH3 is 1. The second-order valence-electron chi connectivity index (χ2n) is 4.37. The SMILES string of the molecule is COC(=O)/C=C(\O/N=C(\C)c1ccc(C(F)(F)F)cc1)C(F)(F)F. The Hall–Kier alpha value is -2.52. The van der Waals surface area contributed by atoms with Crippen molar-refractivity contribution in [2.24, 2.45) is 5.16 Å². The minimum absolute atomic E-state index is 0.0591. The Morgan fingerprint density at radius 1 is 1.08 bits per heavy atom. The van der Waals surface area contributed by atoms with E-state index in [1.165, 1.54) is 6.92 Å². The molecule has 0 spiro atoms. The molecule has 132 valence electrons. The molecule has 0 aliphatic carbocycles. The molecule has 0 aliphatic rings. The van der Waals surface area contributed by atoms with Crippen LogP contribution in [0.15, 0.2) is 41.3 Å². The third-order valence-corrected chi connectivity index (χ3v) is 2.64. The van der Waals surface area contributed by atoms with E-state index in [1.807, 2.05) is 0 Å². The lowest BCUT2D eigenvalue weighted by molar-refractivity contribution is -0.141. The van der Waals surface area contributed by atoms with E-state index in [0.29, 0.717) is 0 Å². The maximum absolute atomic E-state index is 12.7. The summed E-state index contributed by atoms with van der Waals surface area (Å²) in [6.07, 6.45) is -9.48. The van der Waals surface area contributed by atoms with E-state index in [9.17, 15) is 31.1 Å². The van der Waals surface area contributed by atoms with Gasteiger partial charge in [-0.15, -0.1) is 0 Å². The molecule has 0 saturated heterocycles. The minimum Gasteiger partial charge on any atom is -0.466 e. The number of halogens is 6. The summed E-state index contributed by atoms with van der Waals surface area (Å²) >= 11 is 0. The van der Waals surface area contributed by atoms with Gasteiger partial charge in [0.2, 0.25) is 5.76 Å². The van der Waals surface area contributed by atoms with Crippen molar-refractivity contribution >= 4 is 11.7 Å². The van der Waals surface area contributed by atoms with E-state index in [0.717, 1.165) is 31.4 Å². The zero-order valence-corrected chi connectivity index (χ0v) is 12.3. The molecule has 0 aliphatic heterocycles. The van der Waals surface area contributed by atoms with Crippen molar-refractivity contribution in [2.45, 2.75) is 19.3 Å². The third-order valence-electron chi connectivity index (χ3n) is 2.64. The van der Waals surface area contributed by atoms with E-state index in [4.69, 9.17) is 0 Å². The summed E-state index contributed by atoms with van der Waals surface area (Å²) in [6, 6.07) is 3.57. The van der Waals surface area contributed by atoms with Gasteiger partial charge in [0.25, 0.3) is 0 Å². The summed E-state index contributed by atoms with van der Waals surface area (Å²) in [7, 11) is 0.879. The topological polar surface area (TPSA) is 47.9 Å². The molecule has 1 rings (SSSR count). The summed E-state index contributed by atoms with van der Waals surface area (Å²) in [4.78, 5) is 15.1. The first-order valence-corrected chi connectivity index (χ1v) is 6.21. The van der Waals surface area contributed by atoms with E-state index < -0.39 is 29.6 Å². The van der Waals surface area contributed by atoms with Gasteiger partial charge in [0.05, 0.1) is 24.5 Å². The van der Waals surface area contributed by atoms with E-state index in [-0.39, 0.29) is 17.4 Å². The summed E-state index contributed by atoms with van der Waals surface area (Å²) in [6.45, 7) is 1.23. The van der Waals surface area contributed by atoms with Crippen LogP contribution in [0.5, 0.6) is 0 Å². The average molecular weight is 355 g/mol. The predicted molar refractivity (Wildman–Crippen MR) is 70.9 cm³/mol. The number of ether oxygens (including phenoxy) is 1. The Labute approximate surface area is 132 Å². The summed E-state index contributed by atoms with van der Waals surface area (Å²) in [5, 5.41) is 3.18. The fourth-order valence-electron chi connectivity index (χ4n) is 1.40. The zero-order valence-electron chi connectivity index (χ0n) is 12.3. The van der Waals surface area contributed by atoms with Crippen molar-refractivity contribution in [2.75, 3.05) is 7.11 Å². The van der Waals surface area contributed by atoms with Crippen LogP contribution in [-0.4, -0.2) is 25.0 Å². The van der Waals surface area contributed by atoms with Crippen LogP contribution >= 0.6 is 0 Å². The molecule has 24 heavy (non-hydrogen) atoms. The Morgan fingerprint density at radius 3 is 2.04 bits per heavy atom. The molecule has 0 bridgehead atoms. The lowest BCUT2D eigenvalue weighted by atomic mass is 10.1. The van der Waals surface area contributed by atoms with Crippen molar-refractivity contribution < 1.29 is 40.7 Å². The molecule has 0 saturated carbocycles. The summed E-state index contributed by atoms with van der Waals surface area (Å²) < 4.78 is 79.3. The van der Waals surface area contributed by atoms with Crippen molar-refractivity contribution in [3.8, 4) is 0 Å². The number of oxime groups is 1. The summed E-state index contributed by atoms with van der Waals surface area (Å²) in [5.74, 6) is -3.02. The largest absolute Gasteiger partial charge is 0.466 e. The lowest BCUT2D eigenvalue weighted by Crippen LogP contribution is -2.16. The second kappa shape index (κ2) is 7.37. The Morgan fingerprint density at radius 2 is 1.62 bits per heavy atom. The second-order valence-corrected chi connectivity index (χ2v) is 4.37. The zero-order chi connectivity index (χ0) is 18.5. The van der Waals surface area contributed by atoms with Crippen LogP contribution in [-0.2, 0) is 20.5 Å². The molecule has 0 fully saturated rings. The first-order valence-electron chi connectivity index (χ1n) is 6.21.